The molecule has 2 rings (SSSR count). The molecule has 0 radical (unpaired) electrons. The molecule has 0 amide bonds. The Labute approximate surface area is 118 Å². The maximum atomic E-state index is 5.90. The van der Waals surface area contributed by atoms with E-state index >= 15 is 0 Å². The van der Waals surface area contributed by atoms with E-state index < -0.39 is 0 Å². The van der Waals surface area contributed by atoms with Crippen LogP contribution in [-0.2, 0) is 0 Å². The molecule has 0 saturated heterocycles. The summed E-state index contributed by atoms with van der Waals surface area (Å²) in [5, 5.41) is 3.92. The number of benzene rings is 1. The number of nitrogens with one attached hydrogen (secondary N) is 1. The molecule has 17 heavy (non-hydrogen) atoms. The molecule has 0 aliphatic heterocycles. The minimum absolute atomic E-state index is 0.252. The molecule has 3 N–H and O–H groups in total. The summed E-state index contributed by atoms with van der Waals surface area (Å²) >= 11 is 8.11. The Morgan fingerprint density at radius 3 is 2.88 bits per heavy atom. The molecule has 4 nitrogen and oxygen atoms in total. The van der Waals surface area contributed by atoms with Crippen LogP contribution >= 0.6 is 34.2 Å². The van der Waals surface area contributed by atoms with Crippen molar-refractivity contribution in [3.05, 3.63) is 38.6 Å². The maximum absolute atomic E-state index is 5.90. The SMILES string of the molecule is Cc1cnc(N)nc1Nc1ccc(Cl)cc1I. The van der Waals surface area contributed by atoms with E-state index in [0.717, 1.165) is 14.8 Å². The fourth-order valence-electron chi connectivity index (χ4n) is 1.30. The van der Waals surface area contributed by atoms with Gasteiger partial charge in [0, 0.05) is 20.4 Å². The zero-order valence-electron chi connectivity index (χ0n) is 9.04. The summed E-state index contributed by atoms with van der Waals surface area (Å²) < 4.78 is 1.02. The first-order chi connectivity index (χ1) is 8.06. The molecule has 0 spiro atoms. The van der Waals surface area contributed by atoms with Crippen LogP contribution in [0.4, 0.5) is 17.5 Å². The highest BCUT2D eigenvalue weighted by Gasteiger charge is 2.05. The van der Waals surface area contributed by atoms with Crippen LogP contribution in [0.25, 0.3) is 0 Å². The van der Waals surface area contributed by atoms with Crippen molar-refractivity contribution in [2.24, 2.45) is 0 Å². The number of hydrogen-bond donors (Lipinski definition) is 2. The predicted molar refractivity (Wildman–Crippen MR) is 78.6 cm³/mol. The zero-order chi connectivity index (χ0) is 12.4. The number of nitrogens with zero attached hydrogens (tertiary/aromatic N) is 2. The lowest BCUT2D eigenvalue weighted by atomic mass is 10.3. The van der Waals surface area contributed by atoms with Gasteiger partial charge in [0.25, 0.3) is 0 Å². The molecular weight excluding hydrogens is 351 g/mol. The number of halogens is 2. The summed E-state index contributed by atoms with van der Waals surface area (Å²) in [5.74, 6) is 0.958. The molecule has 6 heteroatoms. The number of anilines is 3. The van der Waals surface area contributed by atoms with Gasteiger partial charge in [0.2, 0.25) is 5.95 Å². The van der Waals surface area contributed by atoms with Gasteiger partial charge in [-0.3, -0.25) is 0 Å². The highest BCUT2D eigenvalue weighted by molar-refractivity contribution is 14.1. The lowest BCUT2D eigenvalue weighted by molar-refractivity contribution is 1.15. The van der Waals surface area contributed by atoms with Crippen LogP contribution in [0.3, 0.4) is 0 Å². The summed E-state index contributed by atoms with van der Waals surface area (Å²) in [4.78, 5) is 8.07. The number of nitrogen functional groups attached to an aromatic ring is 1. The average molecular weight is 361 g/mol. The van der Waals surface area contributed by atoms with Gasteiger partial charge in [-0.25, -0.2) is 4.98 Å². The quantitative estimate of drug-likeness (QED) is 0.806. The monoisotopic (exact) mass is 360 g/mol. The molecular formula is C11H10ClIN4. The third-order valence-electron chi connectivity index (χ3n) is 2.17. The van der Waals surface area contributed by atoms with E-state index in [1.165, 1.54) is 0 Å². The van der Waals surface area contributed by atoms with Crippen molar-refractivity contribution in [1.29, 1.82) is 0 Å². The van der Waals surface area contributed by atoms with Crippen molar-refractivity contribution in [3.63, 3.8) is 0 Å². The second-order valence-electron chi connectivity index (χ2n) is 3.51. The van der Waals surface area contributed by atoms with Gasteiger partial charge in [0.05, 0.1) is 5.69 Å². The number of aryl methyl sites for hydroxylation is 1. The Hall–Kier alpha value is -1.08. The second-order valence-corrected chi connectivity index (χ2v) is 5.11. The van der Waals surface area contributed by atoms with Gasteiger partial charge in [-0.2, -0.15) is 4.98 Å². The molecule has 0 atom stereocenters. The Kier molecular flexibility index (Phi) is 3.68. The Bertz CT molecular complexity index is 559. The minimum atomic E-state index is 0.252. The van der Waals surface area contributed by atoms with E-state index in [2.05, 4.69) is 37.9 Å². The molecule has 88 valence electrons. The normalized spacial score (nSPS) is 10.3. The summed E-state index contributed by atoms with van der Waals surface area (Å²) in [5.41, 5.74) is 7.43. The van der Waals surface area contributed by atoms with E-state index in [9.17, 15) is 0 Å². The van der Waals surface area contributed by atoms with Gasteiger partial charge >= 0.3 is 0 Å². The van der Waals surface area contributed by atoms with Crippen molar-refractivity contribution in [2.45, 2.75) is 6.92 Å². The standard InChI is InChI=1S/C11H10ClIN4/c1-6-5-15-11(14)17-10(6)16-9-3-2-7(12)4-8(9)13/h2-5H,1H3,(H3,14,15,16,17). The van der Waals surface area contributed by atoms with Gasteiger partial charge in [-0.05, 0) is 47.7 Å². The van der Waals surface area contributed by atoms with E-state index in [0.29, 0.717) is 10.8 Å². The Morgan fingerprint density at radius 2 is 2.18 bits per heavy atom. The van der Waals surface area contributed by atoms with Gasteiger partial charge in [0.1, 0.15) is 5.82 Å². The summed E-state index contributed by atoms with van der Waals surface area (Å²) in [6, 6.07) is 5.61. The lowest BCUT2D eigenvalue weighted by Crippen LogP contribution is -2.02. The third kappa shape index (κ3) is 2.98. The Morgan fingerprint density at radius 1 is 1.41 bits per heavy atom. The first kappa shape index (κ1) is 12.4. The smallest absolute Gasteiger partial charge is 0.221 e. The fourth-order valence-corrected chi connectivity index (χ4v) is 2.31. The first-order valence-corrected chi connectivity index (χ1v) is 6.33. The molecule has 0 unspecified atom stereocenters. The Balaban J connectivity index is 2.34. The number of hydrogen-bond acceptors (Lipinski definition) is 4. The largest absolute Gasteiger partial charge is 0.368 e. The zero-order valence-corrected chi connectivity index (χ0v) is 12.0. The summed E-state index contributed by atoms with van der Waals surface area (Å²) in [6.07, 6.45) is 1.69. The van der Waals surface area contributed by atoms with E-state index in [4.69, 9.17) is 17.3 Å². The van der Waals surface area contributed by atoms with Crippen LogP contribution < -0.4 is 11.1 Å². The summed E-state index contributed by atoms with van der Waals surface area (Å²) in [6.45, 7) is 1.92. The number of rotatable bonds is 2. The summed E-state index contributed by atoms with van der Waals surface area (Å²) in [7, 11) is 0. The topological polar surface area (TPSA) is 63.8 Å². The second kappa shape index (κ2) is 5.05. The van der Waals surface area contributed by atoms with Gasteiger partial charge < -0.3 is 11.1 Å². The molecule has 1 heterocycles. The molecule has 0 fully saturated rings. The molecule has 1 aromatic heterocycles. The molecule has 0 bridgehead atoms. The molecule has 0 aliphatic rings. The van der Waals surface area contributed by atoms with Crippen LogP contribution in [0.2, 0.25) is 5.02 Å². The first-order valence-electron chi connectivity index (χ1n) is 4.87. The van der Waals surface area contributed by atoms with Crippen LogP contribution in [0.15, 0.2) is 24.4 Å². The van der Waals surface area contributed by atoms with Crippen LogP contribution in [-0.4, -0.2) is 9.97 Å². The van der Waals surface area contributed by atoms with Crippen molar-refractivity contribution in [3.8, 4) is 0 Å². The molecule has 2 aromatic rings. The molecule has 0 saturated carbocycles. The number of aromatic nitrogens is 2. The van der Waals surface area contributed by atoms with E-state index in [1.54, 1.807) is 6.20 Å². The van der Waals surface area contributed by atoms with Gasteiger partial charge in [0.15, 0.2) is 0 Å². The van der Waals surface area contributed by atoms with Gasteiger partial charge in [-0.15, -0.1) is 0 Å². The van der Waals surface area contributed by atoms with Crippen molar-refractivity contribution >= 4 is 51.6 Å². The van der Waals surface area contributed by atoms with Gasteiger partial charge in [-0.1, -0.05) is 11.6 Å². The van der Waals surface area contributed by atoms with Crippen molar-refractivity contribution in [1.82, 2.24) is 9.97 Å². The van der Waals surface area contributed by atoms with E-state index in [-0.39, 0.29) is 5.95 Å². The fraction of sp³-hybridized carbons (Fsp3) is 0.0909. The lowest BCUT2D eigenvalue weighted by Gasteiger charge is -2.10. The van der Waals surface area contributed by atoms with Crippen molar-refractivity contribution in [2.75, 3.05) is 11.1 Å². The highest BCUT2D eigenvalue weighted by atomic mass is 127. The highest BCUT2D eigenvalue weighted by Crippen LogP contribution is 2.26. The third-order valence-corrected chi connectivity index (χ3v) is 3.30. The predicted octanol–water partition coefficient (Wildman–Crippen LogP) is 3.37. The molecule has 1 aromatic carbocycles. The number of nitrogens with two attached hydrogens (primary N) is 1. The van der Waals surface area contributed by atoms with Crippen molar-refractivity contribution < 1.29 is 0 Å². The van der Waals surface area contributed by atoms with Crippen LogP contribution in [0.1, 0.15) is 5.56 Å². The minimum Gasteiger partial charge on any atom is -0.368 e. The average Bonchev–Trinajstić information content (AvgIpc) is 2.27. The van der Waals surface area contributed by atoms with Crippen LogP contribution in [0, 0.1) is 10.5 Å². The van der Waals surface area contributed by atoms with E-state index in [1.807, 2.05) is 25.1 Å². The van der Waals surface area contributed by atoms with Crippen LogP contribution in [0.5, 0.6) is 0 Å². The molecule has 0 aliphatic carbocycles. The maximum Gasteiger partial charge on any atom is 0.221 e.